The lowest BCUT2D eigenvalue weighted by Gasteiger charge is -1.96. The third kappa shape index (κ3) is 3.71. The quantitative estimate of drug-likeness (QED) is 0.577. The molecule has 76 valence electrons. The van der Waals surface area contributed by atoms with Crippen LogP contribution in [0.25, 0.3) is 0 Å². The van der Waals surface area contributed by atoms with E-state index in [0.29, 0.717) is 5.69 Å². The summed E-state index contributed by atoms with van der Waals surface area (Å²) < 4.78 is 25.3. The molecule has 0 amide bonds. The summed E-state index contributed by atoms with van der Waals surface area (Å²) in [6.45, 7) is 0. The highest BCUT2D eigenvalue weighted by atomic mass is 35.5. The van der Waals surface area contributed by atoms with Gasteiger partial charge < -0.3 is 0 Å². The molecule has 0 spiro atoms. The van der Waals surface area contributed by atoms with Crippen LogP contribution in [0.15, 0.2) is 29.6 Å². The van der Waals surface area contributed by atoms with E-state index in [2.05, 4.69) is 14.4 Å². The Labute approximate surface area is 86.5 Å². The van der Waals surface area contributed by atoms with Gasteiger partial charge in [-0.2, -0.15) is 8.42 Å². The fourth-order valence-electron chi connectivity index (χ4n) is 0.632. The summed E-state index contributed by atoms with van der Waals surface area (Å²) in [5.74, 6) is 0. The van der Waals surface area contributed by atoms with Crippen molar-refractivity contribution in [2.75, 3.05) is 6.26 Å². The molecule has 0 aromatic carbocycles. The molecule has 0 fully saturated rings. The summed E-state index contributed by atoms with van der Waals surface area (Å²) in [4.78, 5) is 3.84. The summed E-state index contributed by atoms with van der Waals surface area (Å²) in [5, 5.41) is 3.08. The highest BCUT2D eigenvalue weighted by molar-refractivity contribution is 7.85. The van der Waals surface area contributed by atoms with Crippen LogP contribution in [0.3, 0.4) is 0 Å². The molecule has 1 aromatic rings. The number of halogens is 1. The van der Waals surface area contributed by atoms with Gasteiger partial charge >= 0.3 is 10.1 Å². The predicted molar refractivity (Wildman–Crippen MR) is 52.6 cm³/mol. The molecule has 1 rings (SSSR count). The van der Waals surface area contributed by atoms with Crippen LogP contribution in [-0.2, 0) is 14.4 Å². The van der Waals surface area contributed by atoms with E-state index < -0.39 is 10.1 Å². The van der Waals surface area contributed by atoms with Gasteiger partial charge in [-0.05, 0) is 12.1 Å². The minimum atomic E-state index is -3.63. The number of pyridine rings is 1. The van der Waals surface area contributed by atoms with E-state index in [-0.39, 0.29) is 5.17 Å². The van der Waals surface area contributed by atoms with Crippen LogP contribution in [-0.4, -0.2) is 24.8 Å². The Bertz CT molecular complexity index is 430. The Hall–Kier alpha value is -1.14. The topological polar surface area (TPSA) is 68.6 Å². The van der Waals surface area contributed by atoms with Crippen molar-refractivity contribution < 1.29 is 12.7 Å². The standard InChI is InChI=1S/C7H7ClN2O3S/c1-14(11,12)13-10-7(8)6-4-2-3-5-9-6/h2-5H,1H3/b10-7-. The maximum Gasteiger partial charge on any atom is 0.325 e. The SMILES string of the molecule is CS(=O)(=O)O/N=C(\Cl)c1ccccn1. The van der Waals surface area contributed by atoms with E-state index in [0.717, 1.165) is 6.26 Å². The molecule has 1 heterocycles. The first-order valence-electron chi connectivity index (χ1n) is 3.52. The maximum absolute atomic E-state index is 10.6. The molecular weight excluding hydrogens is 228 g/mol. The largest absolute Gasteiger partial charge is 0.325 e. The van der Waals surface area contributed by atoms with Crippen LogP contribution < -0.4 is 0 Å². The highest BCUT2D eigenvalue weighted by Crippen LogP contribution is 2.02. The molecule has 0 saturated carbocycles. The van der Waals surface area contributed by atoms with Crippen molar-refractivity contribution in [3.63, 3.8) is 0 Å². The molecule has 0 aliphatic rings. The molecule has 0 radical (unpaired) electrons. The molecule has 0 N–H and O–H groups in total. The number of oxime groups is 1. The first-order chi connectivity index (χ1) is 6.49. The van der Waals surface area contributed by atoms with Crippen LogP contribution in [0.1, 0.15) is 5.69 Å². The van der Waals surface area contributed by atoms with Gasteiger partial charge in [0.15, 0.2) is 5.17 Å². The molecule has 0 atom stereocenters. The minimum Gasteiger partial charge on any atom is -0.267 e. The number of aromatic nitrogens is 1. The van der Waals surface area contributed by atoms with Gasteiger partial charge in [0.05, 0.1) is 6.26 Å². The van der Waals surface area contributed by atoms with Crippen molar-refractivity contribution in [1.82, 2.24) is 4.98 Å². The molecule has 0 aliphatic heterocycles. The predicted octanol–water partition coefficient (Wildman–Crippen LogP) is 0.958. The third-order valence-electron chi connectivity index (χ3n) is 1.13. The molecule has 14 heavy (non-hydrogen) atoms. The maximum atomic E-state index is 10.6. The molecule has 7 heteroatoms. The van der Waals surface area contributed by atoms with E-state index in [1.807, 2.05) is 0 Å². The van der Waals surface area contributed by atoms with E-state index in [4.69, 9.17) is 11.6 Å². The normalized spacial score (nSPS) is 12.6. The molecular formula is C7H7ClN2O3S. The lowest BCUT2D eigenvalue weighted by Crippen LogP contribution is -2.01. The molecule has 5 nitrogen and oxygen atoms in total. The van der Waals surface area contributed by atoms with Gasteiger partial charge in [-0.15, -0.1) is 0 Å². The zero-order valence-corrected chi connectivity index (χ0v) is 8.79. The first-order valence-corrected chi connectivity index (χ1v) is 5.72. The molecule has 0 saturated heterocycles. The van der Waals surface area contributed by atoms with Crippen molar-refractivity contribution >= 4 is 26.9 Å². The number of rotatable bonds is 3. The zero-order chi connectivity index (χ0) is 10.6. The molecule has 0 aliphatic carbocycles. The van der Waals surface area contributed by atoms with E-state index in [9.17, 15) is 8.42 Å². The van der Waals surface area contributed by atoms with E-state index in [1.54, 1.807) is 18.2 Å². The Kier molecular flexibility index (Phi) is 3.43. The fraction of sp³-hybridized carbons (Fsp3) is 0.143. The minimum absolute atomic E-state index is 0.115. The summed E-state index contributed by atoms with van der Waals surface area (Å²) in [7, 11) is -3.63. The van der Waals surface area contributed by atoms with Crippen LogP contribution in [0, 0.1) is 0 Å². The van der Waals surface area contributed by atoms with Crippen molar-refractivity contribution in [3.8, 4) is 0 Å². The molecule has 1 aromatic heterocycles. The van der Waals surface area contributed by atoms with Crippen molar-refractivity contribution in [2.24, 2.45) is 5.16 Å². The first kappa shape index (κ1) is 10.9. The van der Waals surface area contributed by atoms with Gasteiger partial charge in [0.25, 0.3) is 0 Å². The lowest BCUT2D eigenvalue weighted by atomic mass is 10.4. The van der Waals surface area contributed by atoms with Gasteiger partial charge in [0.2, 0.25) is 0 Å². The lowest BCUT2D eigenvalue weighted by molar-refractivity contribution is 0.344. The van der Waals surface area contributed by atoms with Crippen LogP contribution in [0.5, 0.6) is 0 Å². The average molecular weight is 235 g/mol. The number of nitrogens with zero attached hydrogens (tertiary/aromatic N) is 2. The highest BCUT2D eigenvalue weighted by Gasteiger charge is 2.04. The second kappa shape index (κ2) is 4.39. The molecule has 0 unspecified atom stereocenters. The second-order valence-corrected chi connectivity index (χ2v) is 4.29. The number of hydrogen-bond donors (Lipinski definition) is 0. The Morgan fingerprint density at radius 3 is 2.79 bits per heavy atom. The van der Waals surface area contributed by atoms with Gasteiger partial charge in [-0.3, -0.25) is 9.27 Å². The monoisotopic (exact) mass is 234 g/mol. The Morgan fingerprint density at radius 2 is 2.29 bits per heavy atom. The van der Waals surface area contributed by atoms with E-state index >= 15 is 0 Å². The third-order valence-corrected chi connectivity index (χ3v) is 1.74. The summed E-state index contributed by atoms with van der Waals surface area (Å²) in [6, 6.07) is 4.98. The summed E-state index contributed by atoms with van der Waals surface area (Å²) in [6.07, 6.45) is 2.38. The van der Waals surface area contributed by atoms with Crippen LogP contribution in [0.4, 0.5) is 0 Å². The fourth-order valence-corrected chi connectivity index (χ4v) is 1.03. The average Bonchev–Trinajstić information content (AvgIpc) is 2.14. The van der Waals surface area contributed by atoms with Gasteiger partial charge in [-0.1, -0.05) is 22.8 Å². The summed E-state index contributed by atoms with van der Waals surface area (Å²) >= 11 is 5.61. The van der Waals surface area contributed by atoms with Gasteiger partial charge in [0, 0.05) is 6.20 Å². The zero-order valence-electron chi connectivity index (χ0n) is 7.21. The summed E-state index contributed by atoms with van der Waals surface area (Å²) in [5.41, 5.74) is 0.345. The van der Waals surface area contributed by atoms with Crippen molar-refractivity contribution in [3.05, 3.63) is 30.1 Å². The van der Waals surface area contributed by atoms with Crippen LogP contribution >= 0.6 is 11.6 Å². The second-order valence-electron chi connectivity index (χ2n) is 2.38. The van der Waals surface area contributed by atoms with Crippen molar-refractivity contribution in [2.45, 2.75) is 0 Å². The smallest absolute Gasteiger partial charge is 0.267 e. The molecule has 0 bridgehead atoms. The van der Waals surface area contributed by atoms with Crippen molar-refractivity contribution in [1.29, 1.82) is 0 Å². The Morgan fingerprint density at radius 1 is 1.57 bits per heavy atom. The van der Waals surface area contributed by atoms with E-state index in [1.165, 1.54) is 6.20 Å². The number of hydrogen-bond acceptors (Lipinski definition) is 5. The van der Waals surface area contributed by atoms with Crippen LogP contribution in [0.2, 0.25) is 0 Å². The Balaban J connectivity index is 2.81. The van der Waals surface area contributed by atoms with Gasteiger partial charge in [-0.25, -0.2) is 0 Å². The van der Waals surface area contributed by atoms with Gasteiger partial charge in [0.1, 0.15) is 5.69 Å².